The van der Waals surface area contributed by atoms with Crippen molar-refractivity contribution in [2.24, 2.45) is 0 Å². The highest BCUT2D eigenvalue weighted by Crippen LogP contribution is 2.29. The van der Waals surface area contributed by atoms with Gasteiger partial charge in [-0.1, -0.05) is 0 Å². The Morgan fingerprint density at radius 2 is 2.16 bits per heavy atom. The van der Waals surface area contributed by atoms with Crippen molar-refractivity contribution in [2.75, 3.05) is 26.8 Å². The minimum atomic E-state index is -3.81. The van der Waals surface area contributed by atoms with Crippen LogP contribution in [0.2, 0.25) is 0 Å². The molecule has 1 heterocycles. The molecule has 19 heavy (non-hydrogen) atoms. The van der Waals surface area contributed by atoms with Gasteiger partial charge in [-0.25, -0.2) is 8.42 Å². The summed E-state index contributed by atoms with van der Waals surface area (Å²) in [5.74, 6) is -0.209. The van der Waals surface area contributed by atoms with Crippen molar-refractivity contribution in [1.82, 2.24) is 4.90 Å². The normalized spacial score (nSPS) is 11.6. The van der Waals surface area contributed by atoms with Gasteiger partial charge in [0, 0.05) is 35.8 Å². The zero-order chi connectivity index (χ0) is 14.6. The molecule has 0 saturated carbocycles. The molecule has 0 radical (unpaired) electrons. The van der Waals surface area contributed by atoms with Crippen LogP contribution in [0.5, 0.6) is 0 Å². The minimum Gasteiger partial charge on any atom is -0.383 e. The maximum Gasteiger partial charge on any atom is 0.264 e. The van der Waals surface area contributed by atoms with Gasteiger partial charge in [0.2, 0.25) is 0 Å². The van der Waals surface area contributed by atoms with Gasteiger partial charge < -0.3 is 9.64 Å². The number of ether oxygens (including phenoxy) is 1. The summed E-state index contributed by atoms with van der Waals surface area (Å²) in [4.78, 5) is 14.7. The largest absolute Gasteiger partial charge is 0.383 e. The average molecular weight is 326 g/mol. The predicted octanol–water partition coefficient (Wildman–Crippen LogP) is 2.09. The summed E-state index contributed by atoms with van der Waals surface area (Å²) in [6.07, 6.45) is 0. The summed E-state index contributed by atoms with van der Waals surface area (Å²) in [6, 6.07) is 1.33. The summed E-state index contributed by atoms with van der Waals surface area (Å²) in [6.45, 7) is 4.91. The smallest absolute Gasteiger partial charge is 0.264 e. The Hall–Kier alpha value is -0.630. The van der Waals surface area contributed by atoms with Crippen LogP contribution in [0.25, 0.3) is 0 Å². The first-order valence-electron chi connectivity index (χ1n) is 5.64. The fourth-order valence-corrected chi connectivity index (χ4v) is 4.20. The van der Waals surface area contributed by atoms with Gasteiger partial charge in [0.05, 0.1) is 16.4 Å². The van der Waals surface area contributed by atoms with Gasteiger partial charge in [-0.2, -0.15) is 0 Å². The Morgan fingerprint density at radius 3 is 2.58 bits per heavy atom. The third kappa shape index (κ3) is 4.17. The molecule has 0 saturated heterocycles. The molecular weight excluding hydrogens is 310 g/mol. The van der Waals surface area contributed by atoms with Gasteiger partial charge in [-0.15, -0.1) is 11.3 Å². The third-order valence-electron chi connectivity index (χ3n) is 2.58. The predicted molar refractivity (Wildman–Crippen MR) is 75.5 cm³/mol. The van der Waals surface area contributed by atoms with Gasteiger partial charge >= 0.3 is 0 Å². The molecule has 0 aliphatic heterocycles. The highest BCUT2D eigenvalue weighted by atomic mass is 35.7. The molecule has 0 unspecified atom stereocenters. The van der Waals surface area contributed by atoms with E-state index >= 15 is 0 Å². The van der Waals surface area contributed by atoms with Crippen molar-refractivity contribution in [3.05, 3.63) is 15.8 Å². The van der Waals surface area contributed by atoms with E-state index in [4.69, 9.17) is 15.4 Å². The number of halogens is 1. The summed E-state index contributed by atoms with van der Waals surface area (Å²) in [5, 5.41) is 0. The van der Waals surface area contributed by atoms with Crippen LogP contribution in [0.3, 0.4) is 0 Å². The summed E-state index contributed by atoms with van der Waals surface area (Å²) in [7, 11) is 3.07. The molecule has 108 valence electrons. The topological polar surface area (TPSA) is 63.7 Å². The first-order valence-corrected chi connectivity index (χ1v) is 8.77. The SMILES string of the molecule is CCN(CCOC)C(=O)c1cc(S(=O)(=O)Cl)c(C)s1. The molecule has 1 aromatic heterocycles. The van der Waals surface area contributed by atoms with Crippen molar-refractivity contribution in [3.8, 4) is 0 Å². The highest BCUT2D eigenvalue weighted by Gasteiger charge is 2.22. The van der Waals surface area contributed by atoms with Crippen LogP contribution in [0.1, 0.15) is 21.5 Å². The number of amides is 1. The van der Waals surface area contributed by atoms with E-state index in [0.717, 1.165) is 11.3 Å². The van der Waals surface area contributed by atoms with E-state index < -0.39 is 9.05 Å². The first kappa shape index (κ1) is 16.4. The van der Waals surface area contributed by atoms with Crippen molar-refractivity contribution >= 4 is 37.0 Å². The molecule has 0 aliphatic carbocycles. The molecule has 0 atom stereocenters. The van der Waals surface area contributed by atoms with E-state index in [1.807, 2.05) is 6.92 Å². The molecule has 0 spiro atoms. The number of hydrogen-bond donors (Lipinski definition) is 0. The molecule has 1 rings (SSSR count). The van der Waals surface area contributed by atoms with E-state index in [1.54, 1.807) is 18.9 Å². The minimum absolute atomic E-state index is 0.00492. The Kier molecular flexibility index (Phi) is 5.79. The Morgan fingerprint density at radius 1 is 1.53 bits per heavy atom. The number of carbonyl (C=O) groups excluding carboxylic acids is 1. The van der Waals surface area contributed by atoms with Gasteiger partial charge in [0.25, 0.3) is 15.0 Å². The summed E-state index contributed by atoms with van der Waals surface area (Å²) >= 11 is 1.13. The van der Waals surface area contributed by atoms with Crippen LogP contribution >= 0.6 is 22.0 Å². The number of methoxy groups -OCH3 is 1. The number of hydrogen-bond acceptors (Lipinski definition) is 5. The lowest BCUT2D eigenvalue weighted by Crippen LogP contribution is -2.33. The Bertz CT molecular complexity index is 553. The quantitative estimate of drug-likeness (QED) is 0.751. The van der Waals surface area contributed by atoms with Gasteiger partial charge in [-0.3, -0.25) is 4.79 Å². The van der Waals surface area contributed by atoms with Crippen molar-refractivity contribution in [3.63, 3.8) is 0 Å². The van der Waals surface area contributed by atoms with E-state index in [-0.39, 0.29) is 10.8 Å². The molecule has 1 aromatic rings. The Balaban J connectivity index is 3.00. The number of likely N-dealkylation sites (N-methyl/N-ethyl adjacent to an activating group) is 1. The van der Waals surface area contributed by atoms with Crippen LogP contribution in [0.4, 0.5) is 0 Å². The number of nitrogens with zero attached hydrogens (tertiary/aromatic N) is 1. The molecule has 0 aliphatic rings. The third-order valence-corrected chi connectivity index (χ3v) is 5.20. The average Bonchev–Trinajstić information content (AvgIpc) is 2.72. The Labute approximate surface area is 121 Å². The van der Waals surface area contributed by atoms with E-state index in [0.29, 0.717) is 29.5 Å². The molecule has 1 amide bonds. The second-order valence-corrected chi connectivity index (χ2v) is 7.64. The van der Waals surface area contributed by atoms with E-state index in [1.165, 1.54) is 6.07 Å². The molecule has 8 heteroatoms. The van der Waals surface area contributed by atoms with Gasteiger partial charge in [0.15, 0.2) is 0 Å². The maximum absolute atomic E-state index is 12.2. The second kappa shape index (κ2) is 6.69. The van der Waals surface area contributed by atoms with Crippen LogP contribution in [-0.2, 0) is 13.8 Å². The van der Waals surface area contributed by atoms with Gasteiger partial charge in [0.1, 0.15) is 0 Å². The van der Waals surface area contributed by atoms with Crippen molar-refractivity contribution in [2.45, 2.75) is 18.7 Å². The van der Waals surface area contributed by atoms with E-state index in [9.17, 15) is 13.2 Å². The molecule has 0 N–H and O–H groups in total. The zero-order valence-corrected chi connectivity index (χ0v) is 13.4. The monoisotopic (exact) mass is 325 g/mol. The lowest BCUT2D eigenvalue weighted by atomic mass is 10.3. The van der Waals surface area contributed by atoms with Crippen LogP contribution in [0.15, 0.2) is 11.0 Å². The first-order chi connectivity index (χ1) is 8.81. The van der Waals surface area contributed by atoms with Crippen LogP contribution in [0, 0.1) is 6.92 Å². The number of aryl methyl sites for hydroxylation is 1. The molecule has 0 aromatic carbocycles. The highest BCUT2D eigenvalue weighted by molar-refractivity contribution is 8.13. The van der Waals surface area contributed by atoms with Crippen LogP contribution < -0.4 is 0 Å². The lowest BCUT2D eigenvalue weighted by molar-refractivity contribution is 0.0711. The number of rotatable bonds is 6. The maximum atomic E-state index is 12.2. The van der Waals surface area contributed by atoms with Gasteiger partial charge in [-0.05, 0) is 19.9 Å². The van der Waals surface area contributed by atoms with E-state index in [2.05, 4.69) is 0 Å². The molecule has 0 bridgehead atoms. The standard InChI is InChI=1S/C11H16ClNO4S2/c1-4-13(5-6-17-3)11(14)9-7-10(8(2)18-9)19(12,15)16/h7H,4-6H2,1-3H3. The summed E-state index contributed by atoms with van der Waals surface area (Å²) < 4.78 is 27.6. The molecule has 0 fully saturated rings. The number of carbonyl (C=O) groups is 1. The zero-order valence-electron chi connectivity index (χ0n) is 11.0. The molecule has 5 nitrogen and oxygen atoms in total. The van der Waals surface area contributed by atoms with Crippen molar-refractivity contribution < 1.29 is 17.9 Å². The second-order valence-electron chi connectivity index (χ2n) is 3.85. The fourth-order valence-electron chi connectivity index (χ4n) is 1.57. The number of thiophene rings is 1. The molecular formula is C11H16ClNO4S2. The lowest BCUT2D eigenvalue weighted by Gasteiger charge is -2.19. The van der Waals surface area contributed by atoms with Crippen LogP contribution in [-0.4, -0.2) is 46.0 Å². The summed E-state index contributed by atoms with van der Waals surface area (Å²) in [5.41, 5.74) is 0. The van der Waals surface area contributed by atoms with Crippen molar-refractivity contribution in [1.29, 1.82) is 0 Å². The fraction of sp³-hybridized carbons (Fsp3) is 0.545.